The van der Waals surface area contributed by atoms with Gasteiger partial charge in [-0.1, -0.05) is 53.5 Å². The molecule has 4 rings (SSSR count). The predicted octanol–water partition coefficient (Wildman–Crippen LogP) is 3.97. The normalized spacial score (nSPS) is 22.2. The summed E-state index contributed by atoms with van der Waals surface area (Å²) in [4.78, 5) is 26.8. The van der Waals surface area contributed by atoms with E-state index in [2.05, 4.69) is 11.4 Å². The smallest absolute Gasteiger partial charge is 0.323 e. The molecule has 0 bridgehead atoms. The molecule has 1 aliphatic heterocycles. The van der Waals surface area contributed by atoms with E-state index in [0.717, 1.165) is 12.0 Å². The highest BCUT2D eigenvalue weighted by Crippen LogP contribution is 2.35. The van der Waals surface area contributed by atoms with Crippen LogP contribution in [-0.4, -0.2) is 22.4 Å². The highest BCUT2D eigenvalue weighted by atomic mass is 35.5. The molecular formula is C19H16Cl2N2O2. The maximum Gasteiger partial charge on any atom is 0.325 e. The fourth-order valence-corrected chi connectivity index (χ4v) is 4.20. The van der Waals surface area contributed by atoms with Crippen LogP contribution >= 0.6 is 23.2 Å². The Labute approximate surface area is 155 Å². The molecule has 0 radical (unpaired) electrons. The summed E-state index contributed by atoms with van der Waals surface area (Å²) in [5.41, 5.74) is 2.07. The molecule has 1 saturated heterocycles. The minimum atomic E-state index is -0.862. The van der Waals surface area contributed by atoms with Gasteiger partial charge in [0.05, 0.1) is 6.54 Å². The van der Waals surface area contributed by atoms with Gasteiger partial charge in [-0.15, -0.1) is 0 Å². The third-order valence-electron chi connectivity index (χ3n) is 5.06. The second kappa shape index (κ2) is 6.04. The highest BCUT2D eigenvalue weighted by molar-refractivity contribution is 6.36. The van der Waals surface area contributed by atoms with Gasteiger partial charge in [0.15, 0.2) is 0 Å². The second-order valence-electron chi connectivity index (χ2n) is 6.55. The van der Waals surface area contributed by atoms with E-state index >= 15 is 0 Å². The summed E-state index contributed by atoms with van der Waals surface area (Å²) in [6.07, 6.45) is 1.88. The van der Waals surface area contributed by atoms with Crippen molar-refractivity contribution in [3.8, 4) is 0 Å². The summed E-state index contributed by atoms with van der Waals surface area (Å²) in [6, 6.07) is 12.8. The molecule has 1 spiro atoms. The maximum absolute atomic E-state index is 13.1. The van der Waals surface area contributed by atoms with Gasteiger partial charge < -0.3 is 5.32 Å². The number of fused-ring (bicyclic) bond motifs is 1. The van der Waals surface area contributed by atoms with Crippen molar-refractivity contribution in [1.29, 1.82) is 0 Å². The molecule has 2 aliphatic rings. The number of carbonyl (C=O) groups excluding carboxylic acids is 2. The molecule has 128 valence electrons. The molecule has 1 aliphatic carbocycles. The van der Waals surface area contributed by atoms with Crippen molar-refractivity contribution in [3.63, 3.8) is 0 Å². The predicted molar refractivity (Wildman–Crippen MR) is 96.7 cm³/mol. The number of amides is 3. The van der Waals surface area contributed by atoms with Gasteiger partial charge in [-0.3, -0.25) is 9.69 Å². The first-order chi connectivity index (χ1) is 12.0. The van der Waals surface area contributed by atoms with Gasteiger partial charge in [0.2, 0.25) is 0 Å². The first kappa shape index (κ1) is 16.4. The van der Waals surface area contributed by atoms with E-state index in [9.17, 15) is 9.59 Å². The zero-order valence-corrected chi connectivity index (χ0v) is 14.9. The average Bonchev–Trinajstić information content (AvgIpc) is 2.81. The molecule has 0 aromatic heterocycles. The number of carbonyl (C=O) groups is 2. The fourth-order valence-electron chi connectivity index (χ4n) is 3.69. The van der Waals surface area contributed by atoms with E-state index in [0.29, 0.717) is 28.5 Å². The fraction of sp³-hybridized carbons (Fsp3) is 0.263. The summed E-state index contributed by atoms with van der Waals surface area (Å²) >= 11 is 12.4. The molecular weight excluding hydrogens is 359 g/mol. The van der Waals surface area contributed by atoms with E-state index in [1.807, 2.05) is 18.2 Å². The molecule has 3 amide bonds. The van der Waals surface area contributed by atoms with Gasteiger partial charge >= 0.3 is 6.03 Å². The van der Waals surface area contributed by atoms with Gasteiger partial charge in [0, 0.05) is 22.0 Å². The monoisotopic (exact) mass is 374 g/mol. The molecule has 4 nitrogen and oxygen atoms in total. The first-order valence-corrected chi connectivity index (χ1v) is 8.89. The Bertz CT molecular complexity index is 863. The lowest BCUT2D eigenvalue weighted by Gasteiger charge is -2.32. The summed E-state index contributed by atoms with van der Waals surface area (Å²) < 4.78 is 0. The SMILES string of the molecule is O=C1NC2(CCc3ccccc3C2)C(=O)N1Cc1c(Cl)cccc1Cl. The Balaban J connectivity index is 1.63. The molecule has 0 saturated carbocycles. The Morgan fingerprint density at radius 3 is 2.40 bits per heavy atom. The summed E-state index contributed by atoms with van der Waals surface area (Å²) in [5, 5.41) is 3.81. The number of rotatable bonds is 2. The lowest BCUT2D eigenvalue weighted by molar-refractivity contribution is -0.132. The van der Waals surface area contributed by atoms with Crippen LogP contribution in [-0.2, 0) is 24.2 Å². The molecule has 1 N–H and O–H groups in total. The standard InChI is InChI=1S/C19H16Cl2N2O2/c20-15-6-3-7-16(21)14(15)11-23-17(24)19(22-18(23)25)9-8-12-4-1-2-5-13(12)10-19/h1-7H,8-11H2,(H,22,25). The van der Waals surface area contributed by atoms with Gasteiger partial charge in [0.1, 0.15) is 5.54 Å². The largest absolute Gasteiger partial charge is 0.325 e. The van der Waals surface area contributed by atoms with E-state index < -0.39 is 5.54 Å². The van der Waals surface area contributed by atoms with Crippen LogP contribution in [0.2, 0.25) is 10.0 Å². The van der Waals surface area contributed by atoms with E-state index in [1.165, 1.54) is 10.5 Å². The van der Waals surface area contributed by atoms with Crippen molar-refractivity contribution >= 4 is 35.1 Å². The Morgan fingerprint density at radius 1 is 1.00 bits per heavy atom. The van der Waals surface area contributed by atoms with Gasteiger partial charge in [0.25, 0.3) is 5.91 Å². The molecule has 6 heteroatoms. The van der Waals surface area contributed by atoms with Gasteiger partial charge in [-0.2, -0.15) is 0 Å². The third kappa shape index (κ3) is 2.70. The third-order valence-corrected chi connectivity index (χ3v) is 5.76. The Morgan fingerprint density at radius 2 is 1.68 bits per heavy atom. The van der Waals surface area contributed by atoms with Crippen molar-refractivity contribution in [2.75, 3.05) is 0 Å². The molecule has 2 aromatic rings. The van der Waals surface area contributed by atoms with Crippen molar-refractivity contribution in [1.82, 2.24) is 10.2 Å². The summed E-state index contributed by atoms with van der Waals surface area (Å²) in [5.74, 6) is -0.206. The number of aryl methyl sites for hydroxylation is 1. The van der Waals surface area contributed by atoms with Crippen molar-refractivity contribution < 1.29 is 9.59 Å². The van der Waals surface area contributed by atoms with Crippen molar-refractivity contribution in [3.05, 3.63) is 69.2 Å². The number of imide groups is 1. The van der Waals surface area contributed by atoms with Crippen LogP contribution in [0.1, 0.15) is 23.1 Å². The highest BCUT2D eigenvalue weighted by Gasteiger charge is 2.52. The molecule has 1 fully saturated rings. The quantitative estimate of drug-likeness (QED) is 0.808. The summed E-state index contributed by atoms with van der Waals surface area (Å²) in [6.45, 7) is 0.0760. The van der Waals surface area contributed by atoms with Gasteiger partial charge in [-0.05, 0) is 36.1 Å². The lowest BCUT2D eigenvalue weighted by Crippen LogP contribution is -2.51. The summed E-state index contributed by atoms with van der Waals surface area (Å²) in [7, 11) is 0. The number of halogens is 2. The number of hydrogen-bond donors (Lipinski definition) is 1. The molecule has 25 heavy (non-hydrogen) atoms. The van der Waals surface area contributed by atoms with Crippen LogP contribution in [0.15, 0.2) is 42.5 Å². The number of benzene rings is 2. The zero-order chi connectivity index (χ0) is 17.6. The number of nitrogens with one attached hydrogen (secondary N) is 1. The van der Waals surface area contributed by atoms with Crippen molar-refractivity contribution in [2.45, 2.75) is 31.3 Å². The zero-order valence-electron chi connectivity index (χ0n) is 13.4. The van der Waals surface area contributed by atoms with Crippen LogP contribution in [0, 0.1) is 0 Å². The number of nitrogens with zero attached hydrogens (tertiary/aromatic N) is 1. The van der Waals surface area contributed by atoms with E-state index in [4.69, 9.17) is 23.2 Å². The number of hydrogen-bond acceptors (Lipinski definition) is 2. The molecule has 1 heterocycles. The first-order valence-electron chi connectivity index (χ1n) is 8.14. The van der Waals surface area contributed by atoms with Crippen LogP contribution in [0.5, 0.6) is 0 Å². The maximum atomic E-state index is 13.1. The van der Waals surface area contributed by atoms with Crippen LogP contribution < -0.4 is 5.32 Å². The van der Waals surface area contributed by atoms with Crippen LogP contribution in [0.4, 0.5) is 4.79 Å². The Kier molecular flexibility index (Phi) is 3.97. The van der Waals surface area contributed by atoms with Crippen LogP contribution in [0.3, 0.4) is 0 Å². The van der Waals surface area contributed by atoms with Crippen LogP contribution in [0.25, 0.3) is 0 Å². The molecule has 2 aromatic carbocycles. The Hall–Kier alpha value is -2.04. The second-order valence-corrected chi connectivity index (χ2v) is 7.36. The molecule has 1 atom stereocenters. The number of urea groups is 1. The minimum absolute atomic E-state index is 0.0760. The van der Waals surface area contributed by atoms with E-state index in [1.54, 1.807) is 18.2 Å². The van der Waals surface area contributed by atoms with E-state index in [-0.39, 0.29) is 18.5 Å². The minimum Gasteiger partial charge on any atom is -0.323 e. The topological polar surface area (TPSA) is 49.4 Å². The average molecular weight is 375 g/mol. The molecule has 1 unspecified atom stereocenters. The lowest BCUT2D eigenvalue weighted by atomic mass is 9.78. The van der Waals surface area contributed by atoms with Gasteiger partial charge in [-0.25, -0.2) is 4.79 Å². The van der Waals surface area contributed by atoms with Crippen molar-refractivity contribution in [2.24, 2.45) is 0 Å².